The second-order valence-electron chi connectivity index (χ2n) is 9.51. The standard InChI is InChI=1S/C28H28FN3O7S/c1-36-27(11-13-37-14-12-27)21-15-28(29,18-31-16-21)38-17-23(33)26-32-24(19-5-3-2-4-6-19)25(39-26)20-7-9-22(10-8-20)40(30,34)35/h2-10,15-16H,11-14,17-18H2,1H3,(H2,30,34,35). The Kier molecular flexibility index (Phi) is 7.80. The third-order valence-electron chi connectivity index (χ3n) is 6.93. The quantitative estimate of drug-likeness (QED) is 0.384. The van der Waals surface area contributed by atoms with Crippen LogP contribution in [0, 0.1) is 0 Å². The molecule has 1 unspecified atom stereocenters. The number of dihydropyridines is 1. The summed E-state index contributed by atoms with van der Waals surface area (Å²) in [5.41, 5.74) is 1.28. The van der Waals surface area contributed by atoms with Crippen LogP contribution in [0.3, 0.4) is 0 Å². The van der Waals surface area contributed by atoms with E-state index in [9.17, 15) is 13.2 Å². The number of halogens is 1. The summed E-state index contributed by atoms with van der Waals surface area (Å²) in [4.78, 5) is 21.5. The number of carbonyl (C=O) groups excluding carboxylic acids is 1. The molecule has 0 saturated carbocycles. The molecule has 3 heterocycles. The molecular formula is C28H28FN3O7S. The first-order chi connectivity index (χ1) is 19.1. The van der Waals surface area contributed by atoms with Crippen LogP contribution >= 0.6 is 0 Å². The Hall–Kier alpha value is -3.55. The lowest BCUT2D eigenvalue weighted by molar-refractivity contribution is -0.0963. The fourth-order valence-electron chi connectivity index (χ4n) is 4.70. The first kappa shape index (κ1) is 28.0. The third kappa shape index (κ3) is 5.81. The Balaban J connectivity index is 1.40. The number of hydrogen-bond donors (Lipinski definition) is 1. The minimum absolute atomic E-state index is 0.0754. The van der Waals surface area contributed by atoms with Gasteiger partial charge in [0, 0.05) is 56.1 Å². The monoisotopic (exact) mass is 569 g/mol. The largest absolute Gasteiger partial charge is 0.433 e. The van der Waals surface area contributed by atoms with Gasteiger partial charge in [0.15, 0.2) is 5.76 Å². The van der Waals surface area contributed by atoms with Gasteiger partial charge in [0.25, 0.3) is 5.89 Å². The van der Waals surface area contributed by atoms with Gasteiger partial charge < -0.3 is 18.6 Å². The van der Waals surface area contributed by atoms with Crippen molar-refractivity contribution in [1.29, 1.82) is 0 Å². The summed E-state index contributed by atoms with van der Waals surface area (Å²) in [5, 5.41) is 5.20. The van der Waals surface area contributed by atoms with E-state index in [1.165, 1.54) is 30.3 Å². The van der Waals surface area contributed by atoms with Crippen LogP contribution in [-0.2, 0) is 24.2 Å². The maximum absolute atomic E-state index is 15.7. The van der Waals surface area contributed by atoms with E-state index >= 15 is 4.39 Å². The van der Waals surface area contributed by atoms with Crippen molar-refractivity contribution in [1.82, 2.24) is 4.98 Å². The van der Waals surface area contributed by atoms with Crippen LogP contribution < -0.4 is 5.14 Å². The number of ether oxygens (including phenoxy) is 3. The number of nitrogens with zero attached hydrogens (tertiary/aromatic N) is 2. The molecule has 2 aromatic carbocycles. The average molecular weight is 570 g/mol. The van der Waals surface area contributed by atoms with E-state index in [2.05, 4.69) is 9.98 Å². The van der Waals surface area contributed by atoms with Gasteiger partial charge in [-0.1, -0.05) is 30.3 Å². The van der Waals surface area contributed by atoms with Crippen molar-refractivity contribution >= 4 is 22.0 Å². The predicted octanol–water partition coefficient (Wildman–Crippen LogP) is 3.73. The summed E-state index contributed by atoms with van der Waals surface area (Å²) in [6, 6.07) is 14.7. The molecule has 12 heteroatoms. The summed E-state index contributed by atoms with van der Waals surface area (Å²) in [6.07, 6.45) is 3.96. The second kappa shape index (κ2) is 11.1. The molecule has 3 aromatic rings. The molecule has 1 aromatic heterocycles. The molecule has 40 heavy (non-hydrogen) atoms. The smallest absolute Gasteiger partial charge is 0.266 e. The van der Waals surface area contributed by atoms with Gasteiger partial charge in [0.2, 0.25) is 21.7 Å². The highest BCUT2D eigenvalue weighted by molar-refractivity contribution is 7.89. The molecule has 0 bridgehead atoms. The van der Waals surface area contributed by atoms with E-state index < -0.39 is 33.9 Å². The SMILES string of the molecule is COC1(C2=CC(F)(OCC(=O)c3nc(-c4ccccc4)c(-c4ccc(S(N)(=O)=O)cc4)o3)CN=C2)CCOCC1. The molecule has 210 valence electrons. The van der Waals surface area contributed by atoms with Crippen molar-refractivity contribution in [3.05, 3.63) is 72.1 Å². The summed E-state index contributed by atoms with van der Waals surface area (Å²) in [6.45, 7) is -0.0304. The number of oxazole rings is 1. The molecule has 1 atom stereocenters. The molecular weight excluding hydrogens is 541 g/mol. The van der Waals surface area contributed by atoms with Gasteiger partial charge >= 0.3 is 0 Å². The molecule has 0 aliphatic carbocycles. The number of aromatic nitrogens is 1. The minimum Gasteiger partial charge on any atom is -0.433 e. The number of sulfonamides is 1. The maximum Gasteiger partial charge on any atom is 0.266 e. The highest BCUT2D eigenvalue weighted by Gasteiger charge is 2.41. The molecule has 10 nitrogen and oxygen atoms in total. The van der Waals surface area contributed by atoms with Crippen LogP contribution in [-0.4, -0.2) is 70.3 Å². The topological polar surface area (TPSA) is 143 Å². The molecule has 0 radical (unpaired) electrons. The number of hydrogen-bond acceptors (Lipinski definition) is 9. The zero-order chi connectivity index (χ0) is 28.4. The summed E-state index contributed by atoms with van der Waals surface area (Å²) < 4.78 is 61.5. The van der Waals surface area contributed by atoms with E-state index in [1.807, 2.05) is 6.07 Å². The van der Waals surface area contributed by atoms with Crippen molar-refractivity contribution < 1.29 is 36.2 Å². The van der Waals surface area contributed by atoms with Crippen molar-refractivity contribution in [2.75, 3.05) is 33.5 Å². The molecule has 5 rings (SSSR count). The average Bonchev–Trinajstić information content (AvgIpc) is 3.42. The number of Topliss-reactive ketones (excluding diaryl/α,β-unsaturated/α-hetero) is 1. The number of methoxy groups -OCH3 is 1. The van der Waals surface area contributed by atoms with Gasteiger partial charge in [-0.2, -0.15) is 0 Å². The first-order valence-corrected chi connectivity index (χ1v) is 14.1. The van der Waals surface area contributed by atoms with E-state index in [4.69, 9.17) is 23.8 Å². The maximum atomic E-state index is 15.7. The molecule has 2 aliphatic rings. The molecule has 2 N–H and O–H groups in total. The normalized spacial score (nSPS) is 20.7. The van der Waals surface area contributed by atoms with Crippen molar-refractivity contribution in [2.24, 2.45) is 10.1 Å². The minimum atomic E-state index is -3.89. The van der Waals surface area contributed by atoms with Crippen LogP contribution in [0.25, 0.3) is 22.6 Å². The van der Waals surface area contributed by atoms with Gasteiger partial charge in [0.1, 0.15) is 18.8 Å². The zero-order valence-electron chi connectivity index (χ0n) is 21.7. The number of nitrogens with two attached hydrogens (primary N) is 1. The Morgan fingerprint density at radius 1 is 1.07 bits per heavy atom. The third-order valence-corrected chi connectivity index (χ3v) is 7.86. The summed E-state index contributed by atoms with van der Waals surface area (Å²) >= 11 is 0. The molecule has 1 fully saturated rings. The molecule has 2 aliphatic heterocycles. The Morgan fingerprint density at radius 3 is 2.42 bits per heavy atom. The van der Waals surface area contributed by atoms with Crippen LogP contribution in [0.1, 0.15) is 23.5 Å². The lowest BCUT2D eigenvalue weighted by Gasteiger charge is -2.38. The van der Waals surface area contributed by atoms with E-state index in [0.29, 0.717) is 48.4 Å². The molecule has 0 amide bonds. The van der Waals surface area contributed by atoms with Crippen molar-refractivity contribution in [3.8, 4) is 22.6 Å². The predicted molar refractivity (Wildman–Crippen MR) is 144 cm³/mol. The lowest BCUT2D eigenvalue weighted by Crippen LogP contribution is -2.44. The molecule has 0 spiro atoms. The fraction of sp³-hybridized carbons (Fsp3) is 0.321. The second-order valence-corrected chi connectivity index (χ2v) is 11.1. The highest BCUT2D eigenvalue weighted by Crippen LogP contribution is 2.36. The highest BCUT2D eigenvalue weighted by atomic mass is 32.2. The summed E-state index contributed by atoms with van der Waals surface area (Å²) in [7, 11) is -2.33. The fourth-order valence-corrected chi connectivity index (χ4v) is 5.22. The van der Waals surface area contributed by atoms with Crippen LogP contribution in [0.2, 0.25) is 0 Å². The van der Waals surface area contributed by atoms with Crippen LogP contribution in [0.5, 0.6) is 0 Å². The number of carbonyl (C=O) groups is 1. The number of aliphatic imine (C=N–C) groups is 1. The Labute approximate surface area is 230 Å². The van der Waals surface area contributed by atoms with Gasteiger partial charge in [-0.25, -0.2) is 22.9 Å². The van der Waals surface area contributed by atoms with E-state index in [1.54, 1.807) is 37.6 Å². The zero-order valence-corrected chi connectivity index (χ0v) is 22.5. The van der Waals surface area contributed by atoms with Crippen molar-refractivity contribution in [2.45, 2.75) is 29.2 Å². The van der Waals surface area contributed by atoms with Crippen LogP contribution in [0.4, 0.5) is 4.39 Å². The number of benzene rings is 2. The van der Waals surface area contributed by atoms with Gasteiger partial charge in [0.05, 0.1) is 10.5 Å². The first-order valence-electron chi connectivity index (χ1n) is 12.5. The van der Waals surface area contributed by atoms with Crippen LogP contribution in [0.15, 0.2) is 80.6 Å². The molecule has 1 saturated heterocycles. The van der Waals surface area contributed by atoms with E-state index in [0.717, 1.165) is 0 Å². The van der Waals surface area contributed by atoms with Crippen molar-refractivity contribution in [3.63, 3.8) is 0 Å². The van der Waals surface area contributed by atoms with Gasteiger partial charge in [-0.3, -0.25) is 9.79 Å². The lowest BCUT2D eigenvalue weighted by atomic mass is 9.84. The Morgan fingerprint density at radius 2 is 1.77 bits per heavy atom. The number of primary sulfonamides is 1. The van der Waals surface area contributed by atoms with Gasteiger partial charge in [-0.15, -0.1) is 0 Å². The van der Waals surface area contributed by atoms with Gasteiger partial charge in [-0.05, 0) is 30.3 Å². The summed E-state index contributed by atoms with van der Waals surface area (Å²) in [5.74, 6) is -3.06. The van der Waals surface area contributed by atoms with E-state index in [-0.39, 0.29) is 23.1 Å². The number of ketones is 1. The Bertz CT molecular complexity index is 1550. The number of rotatable bonds is 9. The number of alkyl halides is 1.